The van der Waals surface area contributed by atoms with Gasteiger partial charge in [-0.2, -0.15) is 0 Å². The van der Waals surface area contributed by atoms with E-state index in [0.717, 1.165) is 19.6 Å². The number of unbranched alkanes of at least 4 members (excludes halogenated alkanes) is 9. The molecule has 0 N–H and O–H groups in total. The van der Waals surface area contributed by atoms with Gasteiger partial charge >= 0.3 is 0 Å². The predicted octanol–water partition coefficient (Wildman–Crippen LogP) is 6.67. The fourth-order valence-corrected chi connectivity index (χ4v) is 2.80. The largest absolute Gasteiger partial charge is 0.355 e. The van der Waals surface area contributed by atoms with Gasteiger partial charge in [-0.25, -0.2) is 0 Å². The van der Waals surface area contributed by atoms with E-state index in [1.54, 1.807) is 0 Å². The highest BCUT2D eigenvalue weighted by Gasteiger charge is 1.91. The number of ether oxygens (including phenoxy) is 2. The Hall–Kier alpha value is 0.390. The Morgan fingerprint density at radius 3 is 2.14 bits per heavy atom. The lowest BCUT2D eigenvalue weighted by Gasteiger charge is -2.04. The molecule has 0 aromatic heterocycles. The summed E-state index contributed by atoms with van der Waals surface area (Å²) in [4.78, 5) is 0. The van der Waals surface area contributed by atoms with Crippen LogP contribution in [0.3, 0.4) is 0 Å². The summed E-state index contributed by atoms with van der Waals surface area (Å²) in [5.41, 5.74) is 0. The van der Waals surface area contributed by atoms with E-state index in [9.17, 15) is 0 Å². The summed E-state index contributed by atoms with van der Waals surface area (Å²) >= 11 is 2.45. The van der Waals surface area contributed by atoms with Crippen molar-refractivity contribution in [3.63, 3.8) is 0 Å². The van der Waals surface area contributed by atoms with Crippen LogP contribution in [-0.2, 0) is 9.47 Å². The topological polar surface area (TPSA) is 18.5 Å². The number of alkyl halides is 1. The Bertz CT molecular complexity index is 219. The van der Waals surface area contributed by atoms with Gasteiger partial charge in [0.2, 0.25) is 0 Å². The van der Waals surface area contributed by atoms with Crippen molar-refractivity contribution in [2.24, 2.45) is 0 Å². The van der Waals surface area contributed by atoms with Crippen molar-refractivity contribution in [1.29, 1.82) is 0 Å². The Labute approximate surface area is 152 Å². The molecule has 0 heterocycles. The smallest absolute Gasteiger partial charge is 0.146 e. The number of allylic oxidation sites excluding steroid dienone is 1. The maximum Gasteiger partial charge on any atom is 0.146 e. The molecule has 0 aliphatic rings. The molecule has 0 saturated carbocycles. The van der Waals surface area contributed by atoms with E-state index in [0.29, 0.717) is 6.79 Å². The number of halogens is 1. The summed E-state index contributed by atoms with van der Waals surface area (Å²) in [6.45, 7) is 4.34. The minimum Gasteiger partial charge on any atom is -0.355 e. The van der Waals surface area contributed by atoms with E-state index in [2.05, 4.69) is 41.7 Å². The summed E-state index contributed by atoms with van der Waals surface area (Å²) in [5.74, 6) is 0. The lowest BCUT2D eigenvalue weighted by molar-refractivity contribution is -0.0531. The maximum atomic E-state index is 5.48. The van der Waals surface area contributed by atoms with Gasteiger partial charge in [-0.1, -0.05) is 86.6 Å². The normalized spacial score (nSPS) is 11.5. The predicted molar refractivity (Wildman–Crippen MR) is 106 cm³/mol. The number of rotatable bonds is 18. The second-order valence-electron chi connectivity index (χ2n) is 5.85. The number of hydrogen-bond donors (Lipinski definition) is 0. The van der Waals surface area contributed by atoms with E-state index >= 15 is 0 Å². The second kappa shape index (κ2) is 21.4. The molecule has 0 saturated heterocycles. The molecule has 0 aromatic carbocycles. The van der Waals surface area contributed by atoms with Crippen LogP contribution in [-0.4, -0.2) is 24.4 Å². The van der Waals surface area contributed by atoms with Crippen molar-refractivity contribution in [2.75, 3.05) is 24.4 Å². The zero-order valence-electron chi connectivity index (χ0n) is 14.7. The monoisotopic (exact) mass is 424 g/mol. The molecule has 0 fully saturated rings. The molecule has 0 radical (unpaired) electrons. The summed E-state index contributed by atoms with van der Waals surface area (Å²) in [7, 11) is 0. The Balaban J connectivity index is 3.01. The SMILES string of the molecule is CCCCCCCCOCOCCC=CCCCCCCI. The van der Waals surface area contributed by atoms with Crippen molar-refractivity contribution in [3.05, 3.63) is 12.2 Å². The molecule has 3 heteroatoms. The molecule has 22 heavy (non-hydrogen) atoms. The molecular formula is C19H37IO2. The Kier molecular flexibility index (Phi) is 21.8. The van der Waals surface area contributed by atoms with Crippen LogP contribution < -0.4 is 0 Å². The van der Waals surface area contributed by atoms with Crippen LogP contribution in [0.15, 0.2) is 12.2 Å². The molecule has 0 amide bonds. The van der Waals surface area contributed by atoms with Gasteiger partial charge in [0, 0.05) is 6.61 Å². The van der Waals surface area contributed by atoms with Crippen LogP contribution in [0.25, 0.3) is 0 Å². The van der Waals surface area contributed by atoms with Crippen molar-refractivity contribution < 1.29 is 9.47 Å². The third kappa shape index (κ3) is 20.4. The van der Waals surface area contributed by atoms with Gasteiger partial charge in [0.1, 0.15) is 6.79 Å². The summed E-state index contributed by atoms with van der Waals surface area (Å²) < 4.78 is 12.2. The lowest BCUT2D eigenvalue weighted by atomic mass is 10.1. The Morgan fingerprint density at radius 1 is 0.682 bits per heavy atom. The molecule has 0 aliphatic carbocycles. The van der Waals surface area contributed by atoms with Crippen LogP contribution in [0.5, 0.6) is 0 Å². The van der Waals surface area contributed by atoms with E-state index in [1.165, 1.54) is 75.1 Å². The van der Waals surface area contributed by atoms with Gasteiger partial charge in [0.25, 0.3) is 0 Å². The first-order valence-electron chi connectivity index (χ1n) is 9.28. The van der Waals surface area contributed by atoms with Gasteiger partial charge in [-0.15, -0.1) is 0 Å². The van der Waals surface area contributed by atoms with Gasteiger partial charge in [0.05, 0.1) is 6.61 Å². The van der Waals surface area contributed by atoms with Crippen molar-refractivity contribution in [1.82, 2.24) is 0 Å². The standard InChI is InChI=1S/C19H37IO2/c1-2-3-4-5-11-14-17-21-19-22-18-15-12-9-7-6-8-10-13-16-20/h9,12H,2-8,10-11,13-19H2,1H3. The molecule has 0 spiro atoms. The maximum absolute atomic E-state index is 5.48. The fraction of sp³-hybridized carbons (Fsp3) is 0.895. The molecule has 132 valence electrons. The molecule has 0 atom stereocenters. The molecular weight excluding hydrogens is 387 g/mol. The van der Waals surface area contributed by atoms with Crippen LogP contribution in [0.1, 0.15) is 84.0 Å². The summed E-state index contributed by atoms with van der Waals surface area (Å²) in [6, 6.07) is 0. The summed E-state index contributed by atoms with van der Waals surface area (Å²) in [5, 5.41) is 0. The molecule has 0 aliphatic heterocycles. The average molecular weight is 424 g/mol. The first kappa shape index (κ1) is 22.4. The Morgan fingerprint density at radius 2 is 1.32 bits per heavy atom. The molecule has 0 bridgehead atoms. The first-order valence-corrected chi connectivity index (χ1v) is 10.8. The van der Waals surface area contributed by atoms with Crippen molar-refractivity contribution in [3.8, 4) is 0 Å². The molecule has 0 rings (SSSR count). The van der Waals surface area contributed by atoms with E-state index < -0.39 is 0 Å². The first-order chi connectivity index (χ1) is 10.9. The van der Waals surface area contributed by atoms with E-state index in [4.69, 9.17) is 9.47 Å². The minimum atomic E-state index is 0.457. The van der Waals surface area contributed by atoms with Gasteiger partial charge in [-0.05, 0) is 36.5 Å². The molecule has 0 aromatic rings. The van der Waals surface area contributed by atoms with E-state index in [1.807, 2.05) is 0 Å². The van der Waals surface area contributed by atoms with Crippen LogP contribution in [0.2, 0.25) is 0 Å². The third-order valence-corrected chi connectivity index (χ3v) is 4.42. The van der Waals surface area contributed by atoms with Crippen LogP contribution in [0, 0.1) is 0 Å². The number of hydrogen-bond acceptors (Lipinski definition) is 2. The van der Waals surface area contributed by atoms with Crippen molar-refractivity contribution >= 4 is 22.6 Å². The highest BCUT2D eigenvalue weighted by Crippen LogP contribution is 2.06. The highest BCUT2D eigenvalue weighted by molar-refractivity contribution is 14.1. The van der Waals surface area contributed by atoms with Crippen LogP contribution in [0.4, 0.5) is 0 Å². The van der Waals surface area contributed by atoms with Gasteiger partial charge in [0.15, 0.2) is 0 Å². The lowest BCUT2D eigenvalue weighted by Crippen LogP contribution is -2.02. The zero-order valence-corrected chi connectivity index (χ0v) is 16.8. The second-order valence-corrected chi connectivity index (χ2v) is 6.93. The molecule has 2 nitrogen and oxygen atoms in total. The van der Waals surface area contributed by atoms with Gasteiger partial charge in [-0.3, -0.25) is 0 Å². The minimum absolute atomic E-state index is 0.457. The zero-order chi connectivity index (χ0) is 16.1. The van der Waals surface area contributed by atoms with Crippen LogP contribution >= 0.6 is 22.6 Å². The van der Waals surface area contributed by atoms with Gasteiger partial charge < -0.3 is 9.47 Å². The van der Waals surface area contributed by atoms with E-state index in [-0.39, 0.29) is 0 Å². The quantitative estimate of drug-likeness (QED) is 0.0804. The fourth-order valence-electron chi connectivity index (χ4n) is 2.26. The van der Waals surface area contributed by atoms with Crippen molar-refractivity contribution in [2.45, 2.75) is 84.0 Å². The average Bonchev–Trinajstić information content (AvgIpc) is 2.54. The third-order valence-electron chi connectivity index (χ3n) is 3.66. The summed E-state index contributed by atoms with van der Waals surface area (Å²) in [6.07, 6.45) is 20.1. The highest BCUT2D eigenvalue weighted by atomic mass is 127. The molecule has 0 unspecified atom stereocenters.